The summed E-state index contributed by atoms with van der Waals surface area (Å²) in [5, 5.41) is 3.07. The van der Waals surface area contributed by atoms with Crippen molar-refractivity contribution in [3.63, 3.8) is 0 Å². The molecule has 0 aliphatic carbocycles. The van der Waals surface area contributed by atoms with Crippen LogP contribution in [-0.4, -0.2) is 72.9 Å². The number of rotatable bonds is 3. The van der Waals surface area contributed by atoms with E-state index in [1.54, 1.807) is 9.80 Å². The monoisotopic (exact) mass is 506 g/mol. The van der Waals surface area contributed by atoms with E-state index in [1.165, 1.54) is 24.3 Å². The molecule has 194 valence electrons. The Labute approximate surface area is 215 Å². The van der Waals surface area contributed by atoms with Crippen LogP contribution >= 0.6 is 0 Å². The van der Waals surface area contributed by atoms with E-state index in [4.69, 9.17) is 4.74 Å². The van der Waals surface area contributed by atoms with Crippen LogP contribution in [-0.2, 0) is 19.9 Å². The van der Waals surface area contributed by atoms with Gasteiger partial charge in [0.2, 0.25) is 5.91 Å². The Balaban J connectivity index is 1.28. The lowest BCUT2D eigenvalue weighted by molar-refractivity contribution is -0.139. The lowest BCUT2D eigenvalue weighted by Gasteiger charge is -2.37. The molecule has 3 amide bonds. The van der Waals surface area contributed by atoms with Crippen LogP contribution in [0.15, 0.2) is 48.5 Å². The van der Waals surface area contributed by atoms with E-state index in [0.717, 1.165) is 30.6 Å². The van der Waals surface area contributed by atoms with Gasteiger partial charge in [-0.2, -0.15) is 0 Å². The average Bonchev–Trinajstić information content (AvgIpc) is 3.56. The molecule has 2 bridgehead atoms. The van der Waals surface area contributed by atoms with Crippen LogP contribution in [0.5, 0.6) is 5.75 Å². The van der Waals surface area contributed by atoms with Crippen molar-refractivity contribution in [3.8, 4) is 5.75 Å². The van der Waals surface area contributed by atoms with Crippen molar-refractivity contribution in [2.75, 3.05) is 44.2 Å². The zero-order valence-electron chi connectivity index (χ0n) is 20.7. The minimum Gasteiger partial charge on any atom is -0.484 e. The molecule has 0 saturated carbocycles. The second-order valence-corrected chi connectivity index (χ2v) is 10.3. The van der Waals surface area contributed by atoms with Crippen molar-refractivity contribution in [1.29, 1.82) is 0 Å². The number of benzene rings is 2. The first-order valence-corrected chi connectivity index (χ1v) is 13.1. The molecule has 0 unspecified atom stereocenters. The van der Waals surface area contributed by atoms with Gasteiger partial charge in [-0.1, -0.05) is 18.2 Å². The Kier molecular flexibility index (Phi) is 6.10. The Morgan fingerprint density at radius 2 is 1.84 bits per heavy atom. The minimum atomic E-state index is -0.985. The number of fused-ring (bicyclic) bond motifs is 4. The van der Waals surface area contributed by atoms with Crippen molar-refractivity contribution in [2.45, 2.75) is 37.3 Å². The van der Waals surface area contributed by atoms with Gasteiger partial charge < -0.3 is 19.9 Å². The maximum Gasteiger partial charge on any atom is 0.260 e. The molecule has 2 aromatic rings. The minimum absolute atomic E-state index is 0.0613. The van der Waals surface area contributed by atoms with E-state index in [9.17, 15) is 18.8 Å². The topological polar surface area (TPSA) is 82.2 Å². The third kappa shape index (κ3) is 3.87. The molecule has 3 fully saturated rings. The number of carbonyl (C=O) groups excluding carboxylic acids is 3. The molecule has 3 atom stereocenters. The molecule has 0 radical (unpaired) electrons. The van der Waals surface area contributed by atoms with E-state index >= 15 is 0 Å². The molecule has 1 spiro atoms. The van der Waals surface area contributed by atoms with Crippen LogP contribution in [0.3, 0.4) is 0 Å². The predicted molar refractivity (Wildman–Crippen MR) is 134 cm³/mol. The van der Waals surface area contributed by atoms with Crippen molar-refractivity contribution >= 4 is 23.4 Å². The second kappa shape index (κ2) is 9.45. The zero-order chi connectivity index (χ0) is 25.6. The summed E-state index contributed by atoms with van der Waals surface area (Å²) in [5.41, 5.74) is 0.745. The highest BCUT2D eigenvalue weighted by molar-refractivity contribution is 6.11. The normalized spacial score (nSPS) is 27.6. The Morgan fingerprint density at radius 3 is 2.68 bits per heavy atom. The number of nitrogens with zero attached hydrogens (tertiary/aromatic N) is 3. The number of halogens is 1. The maximum atomic E-state index is 14.3. The molecule has 2 aromatic carbocycles. The van der Waals surface area contributed by atoms with Crippen molar-refractivity contribution in [1.82, 2.24) is 15.1 Å². The fourth-order valence-electron chi connectivity index (χ4n) is 6.74. The first kappa shape index (κ1) is 23.9. The summed E-state index contributed by atoms with van der Waals surface area (Å²) >= 11 is 0. The van der Waals surface area contributed by atoms with Crippen LogP contribution in [0, 0.1) is 11.7 Å². The number of nitrogens with one attached hydrogen (secondary N) is 1. The second-order valence-electron chi connectivity index (χ2n) is 10.3. The number of carbonyl (C=O) groups is 3. The van der Waals surface area contributed by atoms with Crippen LogP contribution in [0.4, 0.5) is 10.1 Å². The van der Waals surface area contributed by atoms with E-state index in [2.05, 4.69) is 10.2 Å². The first-order chi connectivity index (χ1) is 18.0. The number of para-hydroxylation sites is 1. The molecule has 9 heteroatoms. The van der Waals surface area contributed by atoms with Gasteiger partial charge in [0.25, 0.3) is 11.8 Å². The van der Waals surface area contributed by atoms with Gasteiger partial charge in [0.1, 0.15) is 17.1 Å². The van der Waals surface area contributed by atoms with Gasteiger partial charge in [-0.25, -0.2) is 4.39 Å². The SMILES string of the molecule is O=C1NCCCN(C(=O)COc2ccc(F)cc2)CCN2C(=O)[C@@]3(c4ccccc42)[C@H]1C[C@@H]1CCCN13. The molecule has 4 aliphatic rings. The summed E-state index contributed by atoms with van der Waals surface area (Å²) in [4.78, 5) is 46.7. The molecule has 4 heterocycles. The molecule has 0 aromatic heterocycles. The third-order valence-electron chi connectivity index (χ3n) is 8.36. The van der Waals surface area contributed by atoms with E-state index in [1.807, 2.05) is 24.3 Å². The summed E-state index contributed by atoms with van der Waals surface area (Å²) in [6, 6.07) is 13.6. The molecule has 37 heavy (non-hydrogen) atoms. The molecular weight excluding hydrogens is 475 g/mol. The average molecular weight is 507 g/mol. The lowest BCUT2D eigenvalue weighted by Crippen LogP contribution is -2.57. The highest BCUT2D eigenvalue weighted by Crippen LogP contribution is 2.56. The summed E-state index contributed by atoms with van der Waals surface area (Å²) in [7, 11) is 0. The first-order valence-electron chi connectivity index (χ1n) is 13.1. The van der Waals surface area contributed by atoms with Gasteiger partial charge in [0.15, 0.2) is 6.61 Å². The van der Waals surface area contributed by atoms with Gasteiger partial charge >= 0.3 is 0 Å². The van der Waals surface area contributed by atoms with Crippen LogP contribution in [0.2, 0.25) is 0 Å². The summed E-state index contributed by atoms with van der Waals surface area (Å²) in [6.45, 7) is 2.16. The van der Waals surface area contributed by atoms with Crippen LogP contribution in [0.25, 0.3) is 0 Å². The molecule has 4 aliphatic heterocycles. The van der Waals surface area contributed by atoms with Gasteiger partial charge in [-0.15, -0.1) is 0 Å². The maximum absolute atomic E-state index is 14.3. The standard InChI is InChI=1S/C28H31FN4O4/c29-19-8-10-21(11-9-19)37-18-25(34)31-13-4-12-30-26(35)23-17-20-5-3-14-33(20)28(23)22-6-1-2-7-24(22)32(16-15-31)27(28)36/h1-2,6-11,20,23H,3-5,12-18H2,(H,30,35)/t20-,23-,28+/m0/s1. The highest BCUT2D eigenvalue weighted by Gasteiger charge is 2.67. The predicted octanol–water partition coefficient (Wildman–Crippen LogP) is 2.28. The van der Waals surface area contributed by atoms with E-state index < -0.39 is 11.5 Å². The molecular formula is C28H31FN4O4. The zero-order valence-corrected chi connectivity index (χ0v) is 20.7. The van der Waals surface area contributed by atoms with Crippen molar-refractivity contribution < 1.29 is 23.5 Å². The lowest BCUT2D eigenvalue weighted by atomic mass is 9.78. The number of hydrogen-bond acceptors (Lipinski definition) is 5. The van der Waals surface area contributed by atoms with Crippen LogP contribution in [0.1, 0.15) is 31.2 Å². The summed E-state index contributed by atoms with van der Waals surface area (Å²) in [5.74, 6) is -0.763. The quantitative estimate of drug-likeness (QED) is 0.691. The molecule has 1 N–H and O–H groups in total. The Bertz CT molecular complexity index is 1220. The van der Waals surface area contributed by atoms with Gasteiger partial charge in [0.05, 0.1) is 5.92 Å². The fourth-order valence-corrected chi connectivity index (χ4v) is 6.74. The van der Waals surface area contributed by atoms with Gasteiger partial charge in [-0.05, 0) is 62.6 Å². The third-order valence-corrected chi connectivity index (χ3v) is 8.36. The molecule has 8 nitrogen and oxygen atoms in total. The smallest absolute Gasteiger partial charge is 0.260 e. The summed E-state index contributed by atoms with van der Waals surface area (Å²) < 4.78 is 18.8. The van der Waals surface area contributed by atoms with Gasteiger partial charge in [-0.3, -0.25) is 19.3 Å². The number of ether oxygens (including phenoxy) is 1. The number of hydrogen-bond donors (Lipinski definition) is 1. The number of amides is 3. The van der Waals surface area contributed by atoms with Crippen molar-refractivity contribution in [2.24, 2.45) is 5.92 Å². The largest absolute Gasteiger partial charge is 0.484 e. The number of anilines is 1. The Hall–Kier alpha value is -3.46. The van der Waals surface area contributed by atoms with Crippen LogP contribution < -0.4 is 15.0 Å². The molecule has 6 rings (SSSR count). The fraction of sp³-hybridized carbons (Fsp3) is 0.464. The summed E-state index contributed by atoms with van der Waals surface area (Å²) in [6.07, 6.45) is 3.30. The Morgan fingerprint density at radius 1 is 1.03 bits per heavy atom. The van der Waals surface area contributed by atoms with Crippen molar-refractivity contribution in [3.05, 3.63) is 59.9 Å². The highest BCUT2D eigenvalue weighted by atomic mass is 19.1. The van der Waals surface area contributed by atoms with E-state index in [-0.39, 0.29) is 36.2 Å². The molecule has 3 saturated heterocycles. The van der Waals surface area contributed by atoms with E-state index in [0.29, 0.717) is 44.8 Å². The van der Waals surface area contributed by atoms with Gasteiger partial charge in [0, 0.05) is 43.5 Å².